The zero-order valence-electron chi connectivity index (χ0n) is 21.0. The number of aliphatic hydroxyl groups is 1. The summed E-state index contributed by atoms with van der Waals surface area (Å²) in [5.41, 5.74) is 1.05. The van der Waals surface area contributed by atoms with E-state index in [1.165, 1.54) is 35.9 Å². The van der Waals surface area contributed by atoms with Crippen LogP contribution in [0, 0.1) is 0 Å². The summed E-state index contributed by atoms with van der Waals surface area (Å²) in [7, 11) is 1.49. The van der Waals surface area contributed by atoms with Gasteiger partial charge in [0.05, 0.1) is 32.9 Å². The smallest absolute Gasteiger partial charge is 0.387 e. The normalized spacial score (nSPS) is 11.4. The Morgan fingerprint density at radius 2 is 1.71 bits per heavy atom. The van der Waals surface area contributed by atoms with Crippen LogP contribution in [0.25, 0.3) is 11.2 Å². The number of hydrogen-bond donors (Lipinski definition) is 1. The molecule has 0 amide bonds. The highest BCUT2D eigenvalue weighted by atomic mass is 19.3. The minimum atomic E-state index is -3.00. The molecule has 2 aromatic carbocycles. The van der Waals surface area contributed by atoms with Crippen LogP contribution in [0.2, 0.25) is 0 Å². The Bertz CT molecular complexity index is 1510. The van der Waals surface area contributed by atoms with E-state index in [4.69, 9.17) is 14.6 Å². The molecular weight excluding hydrogens is 502 g/mol. The van der Waals surface area contributed by atoms with Crippen LogP contribution in [0.1, 0.15) is 18.1 Å². The number of alkyl halides is 2. The summed E-state index contributed by atoms with van der Waals surface area (Å²) in [6.07, 6.45) is 0.866. The van der Waals surface area contributed by atoms with E-state index in [0.717, 1.165) is 22.1 Å². The molecular formula is C26H28F2N4O6. The molecule has 2 heterocycles. The molecule has 1 N–H and O–H groups in total. The van der Waals surface area contributed by atoms with Gasteiger partial charge in [-0.25, -0.2) is 4.79 Å². The van der Waals surface area contributed by atoms with Crippen molar-refractivity contribution in [3.63, 3.8) is 0 Å². The van der Waals surface area contributed by atoms with Crippen molar-refractivity contribution in [3.8, 4) is 17.5 Å². The van der Waals surface area contributed by atoms with E-state index >= 15 is 0 Å². The van der Waals surface area contributed by atoms with E-state index in [-0.39, 0.29) is 61.6 Å². The van der Waals surface area contributed by atoms with Gasteiger partial charge in [-0.3, -0.25) is 18.5 Å². The Morgan fingerprint density at radius 3 is 2.39 bits per heavy atom. The van der Waals surface area contributed by atoms with Crippen molar-refractivity contribution in [3.05, 3.63) is 80.5 Å². The van der Waals surface area contributed by atoms with Crippen molar-refractivity contribution in [1.82, 2.24) is 18.7 Å². The lowest BCUT2D eigenvalue weighted by molar-refractivity contribution is -0.0499. The fourth-order valence-electron chi connectivity index (χ4n) is 3.98. The summed E-state index contributed by atoms with van der Waals surface area (Å²) < 4.78 is 44.9. The van der Waals surface area contributed by atoms with E-state index < -0.39 is 17.9 Å². The van der Waals surface area contributed by atoms with Crippen LogP contribution in [0.15, 0.2) is 58.1 Å². The van der Waals surface area contributed by atoms with Crippen LogP contribution >= 0.6 is 0 Å². The highest BCUT2D eigenvalue weighted by Crippen LogP contribution is 2.28. The Hall–Kier alpha value is -4.03. The van der Waals surface area contributed by atoms with Gasteiger partial charge in [-0.15, -0.1) is 0 Å². The summed E-state index contributed by atoms with van der Waals surface area (Å²) in [5, 5.41) is 8.92. The molecule has 0 saturated carbocycles. The molecule has 38 heavy (non-hydrogen) atoms. The Labute approximate surface area is 216 Å². The van der Waals surface area contributed by atoms with Crippen molar-refractivity contribution in [2.24, 2.45) is 7.05 Å². The third kappa shape index (κ3) is 5.92. The van der Waals surface area contributed by atoms with Crippen LogP contribution < -0.4 is 20.7 Å². The second-order valence-corrected chi connectivity index (χ2v) is 8.41. The molecule has 0 spiro atoms. The summed E-state index contributed by atoms with van der Waals surface area (Å²) in [6.45, 7) is -0.846. The fraction of sp³-hybridized carbons (Fsp3) is 0.346. The summed E-state index contributed by atoms with van der Waals surface area (Å²) in [4.78, 5) is 30.9. The van der Waals surface area contributed by atoms with Crippen molar-refractivity contribution in [2.45, 2.75) is 33.0 Å². The van der Waals surface area contributed by atoms with Gasteiger partial charge in [-0.2, -0.15) is 13.8 Å². The maximum atomic E-state index is 13.5. The minimum absolute atomic E-state index is 0.00449. The number of aromatic nitrogens is 4. The Kier molecular flexibility index (Phi) is 8.54. The first-order valence-corrected chi connectivity index (χ1v) is 12.0. The maximum Gasteiger partial charge on any atom is 0.387 e. The largest absolute Gasteiger partial charge is 0.435 e. The molecule has 202 valence electrons. The molecule has 12 heteroatoms. The zero-order valence-corrected chi connectivity index (χ0v) is 21.0. The number of fused-ring (bicyclic) bond motifs is 1. The van der Waals surface area contributed by atoms with Gasteiger partial charge in [0.25, 0.3) is 5.56 Å². The van der Waals surface area contributed by atoms with Crippen LogP contribution in [0.3, 0.4) is 0 Å². The first-order valence-electron chi connectivity index (χ1n) is 12.0. The highest BCUT2D eigenvalue weighted by molar-refractivity contribution is 5.72. The molecule has 0 fully saturated rings. The molecule has 10 nitrogen and oxygen atoms in total. The van der Waals surface area contributed by atoms with E-state index in [1.807, 2.05) is 31.2 Å². The van der Waals surface area contributed by atoms with Crippen LogP contribution in [-0.2, 0) is 31.3 Å². The number of nitrogens with zero attached hydrogens (tertiary/aromatic N) is 4. The average molecular weight is 531 g/mol. The molecule has 0 aliphatic rings. The second kappa shape index (κ2) is 12.0. The Morgan fingerprint density at radius 1 is 1.00 bits per heavy atom. The van der Waals surface area contributed by atoms with Crippen molar-refractivity contribution in [1.29, 1.82) is 0 Å². The number of aliphatic hydroxyl groups excluding tert-OH is 1. The van der Waals surface area contributed by atoms with Crippen molar-refractivity contribution in [2.75, 3.05) is 19.8 Å². The van der Waals surface area contributed by atoms with Gasteiger partial charge in [-0.05, 0) is 29.7 Å². The number of aryl methyl sites for hydroxylation is 2. The van der Waals surface area contributed by atoms with Crippen molar-refractivity contribution < 1.29 is 28.1 Å². The molecule has 0 radical (unpaired) electrons. The van der Waals surface area contributed by atoms with Crippen LogP contribution in [-0.4, -0.2) is 50.2 Å². The van der Waals surface area contributed by atoms with Crippen LogP contribution in [0.5, 0.6) is 17.5 Å². The quantitative estimate of drug-likeness (QED) is 0.281. The zero-order chi connectivity index (χ0) is 27.2. The van der Waals surface area contributed by atoms with Gasteiger partial charge in [0.15, 0.2) is 11.2 Å². The number of hydrogen-bond acceptors (Lipinski definition) is 7. The number of ether oxygens (including phenoxy) is 3. The number of halogens is 2. The molecule has 0 aliphatic heterocycles. The van der Waals surface area contributed by atoms with Crippen LogP contribution in [0.4, 0.5) is 8.78 Å². The van der Waals surface area contributed by atoms with Gasteiger partial charge in [0.1, 0.15) is 11.5 Å². The summed E-state index contributed by atoms with van der Waals surface area (Å²) >= 11 is 0. The third-order valence-corrected chi connectivity index (χ3v) is 5.90. The van der Waals surface area contributed by atoms with Gasteiger partial charge in [0.2, 0.25) is 0 Å². The number of imidazole rings is 1. The van der Waals surface area contributed by atoms with Crippen molar-refractivity contribution >= 4 is 11.2 Å². The lowest BCUT2D eigenvalue weighted by Gasteiger charge is -2.12. The number of rotatable bonds is 12. The molecule has 4 rings (SSSR count). The molecule has 4 aromatic rings. The average Bonchev–Trinajstić information content (AvgIpc) is 3.25. The third-order valence-electron chi connectivity index (χ3n) is 5.90. The first kappa shape index (κ1) is 27.0. The first-order chi connectivity index (χ1) is 18.3. The molecule has 0 saturated heterocycles. The van der Waals surface area contributed by atoms with E-state index in [9.17, 15) is 18.4 Å². The molecule has 0 bridgehead atoms. The topological polar surface area (TPSA) is 110 Å². The van der Waals surface area contributed by atoms with Gasteiger partial charge >= 0.3 is 18.3 Å². The molecule has 0 atom stereocenters. The number of benzene rings is 2. The predicted molar refractivity (Wildman–Crippen MR) is 135 cm³/mol. The second-order valence-electron chi connectivity index (χ2n) is 8.41. The van der Waals surface area contributed by atoms with E-state index in [1.54, 1.807) is 4.57 Å². The fourth-order valence-corrected chi connectivity index (χ4v) is 3.98. The standard InChI is InChI=1S/C26H28F2N4O6/c1-3-17-7-9-18(10-8-17)16-32-21-22(30(2)26(35)31(23(21)34)11-13-36-14-12-33)29-25(32)38-20-6-4-5-19(15-20)37-24(27)28/h4-10,15,24,33H,3,11-14,16H2,1-2H3. The predicted octanol–water partition coefficient (Wildman–Crippen LogP) is 2.91. The maximum absolute atomic E-state index is 13.5. The monoisotopic (exact) mass is 530 g/mol. The molecule has 0 unspecified atom stereocenters. The van der Waals surface area contributed by atoms with Gasteiger partial charge in [0, 0.05) is 13.1 Å². The van der Waals surface area contributed by atoms with E-state index in [2.05, 4.69) is 9.72 Å². The van der Waals surface area contributed by atoms with Gasteiger partial charge in [-0.1, -0.05) is 37.3 Å². The minimum Gasteiger partial charge on any atom is -0.435 e. The molecule has 2 aromatic heterocycles. The Balaban J connectivity index is 1.82. The lowest BCUT2D eigenvalue weighted by Crippen LogP contribution is -2.40. The van der Waals surface area contributed by atoms with E-state index in [0.29, 0.717) is 0 Å². The summed E-state index contributed by atoms with van der Waals surface area (Å²) in [6, 6.07) is 13.5. The SMILES string of the molecule is CCc1ccc(Cn2c(Oc3cccc(OC(F)F)c3)nc3c2c(=O)n(CCOCCO)c(=O)n3C)cc1. The molecule has 0 aliphatic carbocycles. The lowest BCUT2D eigenvalue weighted by atomic mass is 10.1. The highest BCUT2D eigenvalue weighted by Gasteiger charge is 2.22. The summed E-state index contributed by atoms with van der Waals surface area (Å²) in [5.74, 6) is 0.0525. The van der Waals surface area contributed by atoms with Gasteiger partial charge < -0.3 is 19.3 Å².